The summed E-state index contributed by atoms with van der Waals surface area (Å²) in [5.41, 5.74) is 3.51. The minimum absolute atomic E-state index is 0.0535. The first-order valence-corrected chi connectivity index (χ1v) is 9.33. The van der Waals surface area contributed by atoms with Crippen molar-refractivity contribution in [1.82, 2.24) is 4.90 Å². The summed E-state index contributed by atoms with van der Waals surface area (Å²) in [7, 11) is 0. The molecule has 134 valence electrons. The Balaban J connectivity index is 1.86. The van der Waals surface area contributed by atoms with Crippen molar-refractivity contribution in [1.29, 1.82) is 0 Å². The van der Waals surface area contributed by atoms with E-state index < -0.39 is 6.10 Å². The minimum atomic E-state index is -0.506. The van der Waals surface area contributed by atoms with Gasteiger partial charge in [0.2, 0.25) is 0 Å². The topological polar surface area (TPSA) is 23.5 Å². The predicted molar refractivity (Wildman–Crippen MR) is 108 cm³/mol. The van der Waals surface area contributed by atoms with Crippen LogP contribution in [0.15, 0.2) is 91.0 Å². The van der Waals surface area contributed by atoms with Gasteiger partial charge in [-0.2, -0.15) is 0 Å². The second kappa shape index (κ2) is 9.33. The maximum Gasteiger partial charge on any atom is 0.0945 e. The molecule has 3 aromatic carbocycles. The molecule has 0 amide bonds. The molecule has 2 nitrogen and oxygen atoms in total. The Hall–Kier alpha value is -2.42. The molecule has 2 heteroatoms. The molecule has 0 aliphatic carbocycles. The Morgan fingerprint density at radius 1 is 0.692 bits per heavy atom. The summed E-state index contributed by atoms with van der Waals surface area (Å²) in [4.78, 5) is 2.39. The van der Waals surface area contributed by atoms with E-state index in [9.17, 15) is 5.11 Å². The van der Waals surface area contributed by atoms with E-state index in [1.54, 1.807) is 0 Å². The smallest absolute Gasteiger partial charge is 0.0945 e. The lowest BCUT2D eigenvalue weighted by molar-refractivity contribution is 0.0360. The van der Waals surface area contributed by atoms with Crippen molar-refractivity contribution >= 4 is 0 Å². The van der Waals surface area contributed by atoms with E-state index in [2.05, 4.69) is 60.4 Å². The molecule has 26 heavy (non-hydrogen) atoms. The summed E-state index contributed by atoms with van der Waals surface area (Å²) in [6.45, 7) is 3.79. The standard InChI is InChI=1S/C24H27NO/c1-2-23(24(26)22-16-10-5-11-17-22)25(18-20-12-6-3-7-13-20)19-21-14-8-4-9-15-21/h3-17,23-24,26H,2,18-19H2,1H3. The van der Waals surface area contributed by atoms with E-state index in [1.165, 1.54) is 11.1 Å². The molecule has 0 aliphatic rings. The molecule has 3 rings (SSSR count). The van der Waals surface area contributed by atoms with Crippen LogP contribution in [0.2, 0.25) is 0 Å². The number of aliphatic hydroxyl groups is 1. The van der Waals surface area contributed by atoms with Gasteiger partial charge in [0.15, 0.2) is 0 Å². The van der Waals surface area contributed by atoms with Gasteiger partial charge in [-0.3, -0.25) is 4.90 Å². The zero-order chi connectivity index (χ0) is 18.2. The third kappa shape index (κ3) is 4.81. The predicted octanol–water partition coefficient (Wildman–Crippen LogP) is 5.20. The van der Waals surface area contributed by atoms with Crippen molar-refractivity contribution in [3.63, 3.8) is 0 Å². The number of benzene rings is 3. The molecular formula is C24H27NO. The number of hydrogen-bond acceptors (Lipinski definition) is 2. The van der Waals surface area contributed by atoms with E-state index in [4.69, 9.17) is 0 Å². The van der Waals surface area contributed by atoms with Gasteiger partial charge in [0.1, 0.15) is 0 Å². The van der Waals surface area contributed by atoms with Crippen LogP contribution in [-0.2, 0) is 13.1 Å². The number of nitrogens with zero attached hydrogens (tertiary/aromatic N) is 1. The molecule has 1 N–H and O–H groups in total. The number of aliphatic hydroxyl groups excluding tert-OH is 1. The van der Waals surface area contributed by atoms with Crippen molar-refractivity contribution in [3.05, 3.63) is 108 Å². The summed E-state index contributed by atoms with van der Waals surface area (Å²) in [6.07, 6.45) is 0.379. The lowest BCUT2D eigenvalue weighted by atomic mass is 9.97. The van der Waals surface area contributed by atoms with E-state index in [-0.39, 0.29) is 6.04 Å². The van der Waals surface area contributed by atoms with E-state index in [0.717, 1.165) is 25.1 Å². The summed E-state index contributed by atoms with van der Waals surface area (Å²) < 4.78 is 0. The molecular weight excluding hydrogens is 318 g/mol. The van der Waals surface area contributed by atoms with E-state index >= 15 is 0 Å². The summed E-state index contributed by atoms with van der Waals surface area (Å²) >= 11 is 0. The van der Waals surface area contributed by atoms with Crippen molar-refractivity contribution in [2.24, 2.45) is 0 Å². The highest BCUT2D eigenvalue weighted by Crippen LogP contribution is 2.26. The van der Waals surface area contributed by atoms with E-state index in [0.29, 0.717) is 0 Å². The lowest BCUT2D eigenvalue weighted by Gasteiger charge is -2.35. The monoisotopic (exact) mass is 345 g/mol. The van der Waals surface area contributed by atoms with Crippen LogP contribution >= 0.6 is 0 Å². The van der Waals surface area contributed by atoms with Crippen LogP contribution in [0.4, 0.5) is 0 Å². The van der Waals surface area contributed by atoms with Crippen LogP contribution in [-0.4, -0.2) is 16.0 Å². The zero-order valence-electron chi connectivity index (χ0n) is 15.3. The molecule has 0 fully saturated rings. The Kier molecular flexibility index (Phi) is 6.59. The Bertz CT molecular complexity index is 716. The highest BCUT2D eigenvalue weighted by atomic mass is 16.3. The molecule has 0 heterocycles. The van der Waals surface area contributed by atoms with Crippen LogP contribution in [0.1, 0.15) is 36.1 Å². The highest BCUT2D eigenvalue weighted by Gasteiger charge is 2.26. The van der Waals surface area contributed by atoms with Gasteiger partial charge < -0.3 is 5.11 Å². The molecule has 2 atom stereocenters. The number of rotatable bonds is 8. The van der Waals surface area contributed by atoms with Crippen molar-refractivity contribution in [3.8, 4) is 0 Å². The largest absolute Gasteiger partial charge is 0.387 e. The molecule has 0 aliphatic heterocycles. The maximum atomic E-state index is 11.1. The molecule has 0 saturated carbocycles. The highest BCUT2D eigenvalue weighted by molar-refractivity contribution is 5.21. The van der Waals surface area contributed by atoms with Gasteiger partial charge >= 0.3 is 0 Å². The van der Waals surface area contributed by atoms with Gasteiger partial charge in [-0.15, -0.1) is 0 Å². The van der Waals surface area contributed by atoms with Gasteiger partial charge in [-0.05, 0) is 23.1 Å². The third-order valence-corrected chi connectivity index (χ3v) is 4.85. The Labute approximate surface area is 156 Å². The van der Waals surface area contributed by atoms with Gasteiger partial charge in [0, 0.05) is 19.1 Å². The number of hydrogen-bond donors (Lipinski definition) is 1. The summed E-state index contributed by atoms with van der Waals surface area (Å²) in [5, 5.41) is 11.1. The SMILES string of the molecule is CCC(C(O)c1ccccc1)N(Cc1ccccc1)Cc1ccccc1. The van der Waals surface area contributed by atoms with Crippen LogP contribution in [0, 0.1) is 0 Å². The Morgan fingerprint density at radius 2 is 1.12 bits per heavy atom. The van der Waals surface area contributed by atoms with E-state index in [1.807, 2.05) is 42.5 Å². The normalized spacial score (nSPS) is 13.5. The second-order valence-electron chi connectivity index (χ2n) is 6.71. The molecule has 3 aromatic rings. The van der Waals surface area contributed by atoms with Gasteiger partial charge in [0.25, 0.3) is 0 Å². The van der Waals surface area contributed by atoms with Crippen molar-refractivity contribution < 1.29 is 5.11 Å². The van der Waals surface area contributed by atoms with Crippen molar-refractivity contribution in [2.75, 3.05) is 0 Å². The second-order valence-corrected chi connectivity index (χ2v) is 6.71. The summed E-state index contributed by atoms with van der Waals surface area (Å²) in [6, 6.07) is 31.0. The molecule has 0 bridgehead atoms. The minimum Gasteiger partial charge on any atom is -0.387 e. The molecule has 0 saturated heterocycles. The van der Waals surface area contributed by atoms with Crippen molar-refractivity contribution in [2.45, 2.75) is 38.6 Å². The average molecular weight is 345 g/mol. The molecule has 0 radical (unpaired) electrons. The average Bonchev–Trinajstić information content (AvgIpc) is 2.70. The molecule has 0 aromatic heterocycles. The maximum absolute atomic E-state index is 11.1. The fourth-order valence-corrected chi connectivity index (χ4v) is 3.48. The fourth-order valence-electron chi connectivity index (χ4n) is 3.48. The summed E-state index contributed by atoms with van der Waals surface area (Å²) in [5.74, 6) is 0. The van der Waals surface area contributed by atoms with Crippen LogP contribution in [0.3, 0.4) is 0 Å². The molecule has 2 unspecified atom stereocenters. The quantitative estimate of drug-likeness (QED) is 0.606. The van der Waals surface area contributed by atoms with Gasteiger partial charge in [-0.1, -0.05) is 97.9 Å². The zero-order valence-corrected chi connectivity index (χ0v) is 15.3. The lowest BCUT2D eigenvalue weighted by Crippen LogP contribution is -2.38. The van der Waals surface area contributed by atoms with Gasteiger partial charge in [0.05, 0.1) is 6.10 Å². The Morgan fingerprint density at radius 3 is 1.54 bits per heavy atom. The molecule has 0 spiro atoms. The first kappa shape index (κ1) is 18.4. The third-order valence-electron chi connectivity index (χ3n) is 4.85. The van der Waals surface area contributed by atoms with Gasteiger partial charge in [-0.25, -0.2) is 0 Å². The first-order chi connectivity index (χ1) is 12.8. The first-order valence-electron chi connectivity index (χ1n) is 9.33. The fraction of sp³-hybridized carbons (Fsp3) is 0.250. The van der Waals surface area contributed by atoms with Crippen LogP contribution in [0.5, 0.6) is 0 Å². The van der Waals surface area contributed by atoms with Crippen LogP contribution in [0.25, 0.3) is 0 Å². The van der Waals surface area contributed by atoms with Crippen LogP contribution < -0.4 is 0 Å².